The molecule has 2 aromatic carbocycles. The molecular formula is C21H25NO3. The molecule has 0 bridgehead atoms. The summed E-state index contributed by atoms with van der Waals surface area (Å²) < 4.78 is 11.5. The van der Waals surface area contributed by atoms with Gasteiger partial charge in [0.2, 0.25) is 0 Å². The van der Waals surface area contributed by atoms with Gasteiger partial charge in [-0.2, -0.15) is 0 Å². The minimum atomic E-state index is -0.376. The molecule has 0 aliphatic carbocycles. The van der Waals surface area contributed by atoms with Gasteiger partial charge in [-0.15, -0.1) is 0 Å². The lowest BCUT2D eigenvalue weighted by molar-refractivity contribution is 0.0368. The predicted octanol–water partition coefficient (Wildman–Crippen LogP) is 4.51. The van der Waals surface area contributed by atoms with E-state index >= 15 is 0 Å². The van der Waals surface area contributed by atoms with Gasteiger partial charge in [0.25, 0.3) is 0 Å². The second-order valence-corrected chi connectivity index (χ2v) is 7.47. The lowest BCUT2D eigenvalue weighted by Gasteiger charge is -2.25. The fourth-order valence-corrected chi connectivity index (χ4v) is 3.00. The van der Waals surface area contributed by atoms with Crippen LogP contribution in [0, 0.1) is 0 Å². The Hall–Kier alpha value is -2.49. The van der Waals surface area contributed by atoms with Crippen molar-refractivity contribution < 1.29 is 14.3 Å². The van der Waals surface area contributed by atoms with E-state index in [0.717, 1.165) is 16.9 Å². The molecule has 4 nitrogen and oxygen atoms in total. The standard InChI is InChI=1S/C21H25NO3/c1-21(2,3)17-12-8-11-16-13-18(25-19(16)17)22(4)20(23)24-14-15-9-6-5-7-10-15/h5-12,18H,13-14H2,1-4H3. The number of para-hydroxylation sites is 1. The fraction of sp³-hybridized carbons (Fsp3) is 0.381. The van der Waals surface area contributed by atoms with Crippen LogP contribution in [-0.4, -0.2) is 24.3 Å². The third-order valence-electron chi connectivity index (χ3n) is 4.48. The first-order valence-corrected chi connectivity index (χ1v) is 8.59. The molecular weight excluding hydrogens is 314 g/mol. The molecule has 0 spiro atoms. The highest BCUT2D eigenvalue weighted by Crippen LogP contribution is 2.39. The molecule has 4 heteroatoms. The van der Waals surface area contributed by atoms with Gasteiger partial charge in [-0.3, -0.25) is 4.90 Å². The first kappa shape index (κ1) is 17.3. The maximum absolute atomic E-state index is 12.4. The summed E-state index contributed by atoms with van der Waals surface area (Å²) in [5.74, 6) is 0.905. The minimum Gasteiger partial charge on any atom is -0.469 e. The van der Waals surface area contributed by atoms with E-state index < -0.39 is 0 Å². The van der Waals surface area contributed by atoms with Crippen molar-refractivity contribution in [1.82, 2.24) is 4.90 Å². The van der Waals surface area contributed by atoms with Crippen LogP contribution in [0.1, 0.15) is 37.5 Å². The average molecular weight is 339 g/mol. The van der Waals surface area contributed by atoms with E-state index in [4.69, 9.17) is 9.47 Å². The number of hydrogen-bond donors (Lipinski definition) is 0. The van der Waals surface area contributed by atoms with E-state index in [2.05, 4.69) is 39.0 Å². The number of carbonyl (C=O) groups is 1. The summed E-state index contributed by atoms with van der Waals surface area (Å²) in [4.78, 5) is 13.9. The van der Waals surface area contributed by atoms with Crippen molar-refractivity contribution in [1.29, 1.82) is 0 Å². The molecule has 1 unspecified atom stereocenters. The summed E-state index contributed by atoms with van der Waals surface area (Å²) in [7, 11) is 1.72. The van der Waals surface area contributed by atoms with E-state index in [1.807, 2.05) is 30.3 Å². The van der Waals surface area contributed by atoms with E-state index in [-0.39, 0.29) is 24.3 Å². The fourth-order valence-electron chi connectivity index (χ4n) is 3.00. The predicted molar refractivity (Wildman–Crippen MR) is 97.7 cm³/mol. The van der Waals surface area contributed by atoms with Crippen LogP contribution in [0.5, 0.6) is 5.75 Å². The molecule has 1 amide bonds. The van der Waals surface area contributed by atoms with E-state index in [1.54, 1.807) is 7.05 Å². The summed E-state index contributed by atoms with van der Waals surface area (Å²) >= 11 is 0. The summed E-state index contributed by atoms with van der Waals surface area (Å²) in [5, 5.41) is 0. The van der Waals surface area contributed by atoms with Crippen molar-refractivity contribution in [3.63, 3.8) is 0 Å². The Labute approximate surface area is 149 Å². The maximum atomic E-state index is 12.4. The number of ether oxygens (including phenoxy) is 2. The molecule has 0 saturated heterocycles. The lowest BCUT2D eigenvalue weighted by Crippen LogP contribution is -2.40. The van der Waals surface area contributed by atoms with Crippen LogP contribution >= 0.6 is 0 Å². The van der Waals surface area contributed by atoms with Crippen molar-refractivity contribution in [2.45, 2.75) is 45.4 Å². The van der Waals surface area contributed by atoms with Crippen molar-refractivity contribution in [3.8, 4) is 5.75 Å². The number of fused-ring (bicyclic) bond motifs is 1. The molecule has 0 radical (unpaired) electrons. The molecule has 25 heavy (non-hydrogen) atoms. The number of rotatable bonds is 3. The zero-order chi connectivity index (χ0) is 18.0. The number of nitrogens with zero attached hydrogens (tertiary/aromatic N) is 1. The van der Waals surface area contributed by atoms with Gasteiger partial charge in [0.05, 0.1) is 0 Å². The van der Waals surface area contributed by atoms with Gasteiger partial charge < -0.3 is 9.47 Å². The van der Waals surface area contributed by atoms with Gasteiger partial charge in [-0.05, 0) is 16.5 Å². The van der Waals surface area contributed by atoms with Crippen LogP contribution in [0.4, 0.5) is 4.79 Å². The average Bonchev–Trinajstić information content (AvgIpc) is 3.03. The maximum Gasteiger partial charge on any atom is 0.412 e. The zero-order valence-corrected chi connectivity index (χ0v) is 15.3. The molecule has 0 aromatic heterocycles. The molecule has 2 aromatic rings. The largest absolute Gasteiger partial charge is 0.469 e. The summed E-state index contributed by atoms with van der Waals surface area (Å²) in [6.45, 7) is 6.75. The Balaban J connectivity index is 1.66. The van der Waals surface area contributed by atoms with Crippen molar-refractivity contribution >= 4 is 6.09 Å². The Morgan fingerprint density at radius 3 is 2.56 bits per heavy atom. The van der Waals surface area contributed by atoms with Crippen molar-refractivity contribution in [3.05, 3.63) is 65.2 Å². The summed E-state index contributed by atoms with van der Waals surface area (Å²) in [5.41, 5.74) is 3.26. The molecule has 1 aliphatic heterocycles. The number of amides is 1. The highest BCUT2D eigenvalue weighted by Gasteiger charge is 2.33. The third kappa shape index (κ3) is 3.78. The van der Waals surface area contributed by atoms with Crippen LogP contribution in [0.2, 0.25) is 0 Å². The quantitative estimate of drug-likeness (QED) is 0.825. The number of carbonyl (C=O) groups excluding carboxylic acids is 1. The highest BCUT2D eigenvalue weighted by molar-refractivity contribution is 5.68. The Morgan fingerprint density at radius 2 is 1.88 bits per heavy atom. The molecule has 0 saturated carbocycles. The van der Waals surface area contributed by atoms with Crippen LogP contribution < -0.4 is 4.74 Å². The molecule has 1 aliphatic rings. The summed E-state index contributed by atoms with van der Waals surface area (Å²) in [6, 6.07) is 15.9. The Kier molecular flexibility index (Phi) is 4.71. The van der Waals surface area contributed by atoms with E-state index in [9.17, 15) is 4.79 Å². The van der Waals surface area contributed by atoms with Crippen molar-refractivity contribution in [2.75, 3.05) is 7.05 Å². The SMILES string of the molecule is CN(C(=O)OCc1ccccc1)C1Cc2cccc(C(C)(C)C)c2O1. The molecule has 3 rings (SSSR count). The van der Waals surface area contributed by atoms with Crippen molar-refractivity contribution in [2.24, 2.45) is 0 Å². The van der Waals surface area contributed by atoms with Gasteiger partial charge >= 0.3 is 6.09 Å². The smallest absolute Gasteiger partial charge is 0.412 e. The van der Waals surface area contributed by atoms with E-state index in [0.29, 0.717) is 6.42 Å². The number of hydrogen-bond acceptors (Lipinski definition) is 3. The van der Waals surface area contributed by atoms with Gasteiger partial charge in [0.1, 0.15) is 12.4 Å². The first-order valence-electron chi connectivity index (χ1n) is 8.59. The van der Waals surface area contributed by atoms with Crippen LogP contribution in [0.15, 0.2) is 48.5 Å². The monoisotopic (exact) mass is 339 g/mol. The normalized spacial score (nSPS) is 16.1. The molecule has 1 atom stereocenters. The van der Waals surface area contributed by atoms with Crippen LogP contribution in [0.25, 0.3) is 0 Å². The molecule has 132 valence electrons. The molecule has 0 N–H and O–H groups in total. The summed E-state index contributed by atoms with van der Waals surface area (Å²) in [6.07, 6.45) is -0.0309. The van der Waals surface area contributed by atoms with E-state index in [1.165, 1.54) is 10.5 Å². The van der Waals surface area contributed by atoms with Crippen LogP contribution in [-0.2, 0) is 23.2 Å². The third-order valence-corrected chi connectivity index (χ3v) is 4.48. The Bertz CT molecular complexity index is 749. The zero-order valence-electron chi connectivity index (χ0n) is 15.3. The highest BCUT2D eigenvalue weighted by atomic mass is 16.6. The first-order chi connectivity index (χ1) is 11.9. The number of likely N-dealkylation sites (N-methyl/N-ethyl adjacent to an activating group) is 1. The van der Waals surface area contributed by atoms with Crippen LogP contribution in [0.3, 0.4) is 0 Å². The lowest BCUT2D eigenvalue weighted by atomic mass is 9.85. The van der Waals surface area contributed by atoms with Gasteiger partial charge in [-0.25, -0.2) is 4.79 Å². The topological polar surface area (TPSA) is 38.8 Å². The second-order valence-electron chi connectivity index (χ2n) is 7.47. The van der Waals surface area contributed by atoms with Gasteiger partial charge in [0.15, 0.2) is 6.23 Å². The number of benzene rings is 2. The second kappa shape index (κ2) is 6.79. The molecule has 0 fully saturated rings. The van der Waals surface area contributed by atoms with Gasteiger partial charge in [-0.1, -0.05) is 69.3 Å². The minimum absolute atomic E-state index is 0.00732. The van der Waals surface area contributed by atoms with Gasteiger partial charge in [0, 0.05) is 19.0 Å². The molecule has 1 heterocycles. The Morgan fingerprint density at radius 1 is 1.16 bits per heavy atom.